The monoisotopic (exact) mass is 326 g/mol. The first-order valence-corrected chi connectivity index (χ1v) is 8.24. The predicted octanol–water partition coefficient (Wildman–Crippen LogP) is 2.44. The lowest BCUT2D eigenvalue weighted by Gasteiger charge is -2.27. The molecule has 1 aromatic heterocycles. The Balaban J connectivity index is 1.72. The molecular weight excluding hydrogens is 304 g/mol. The Morgan fingerprint density at radius 1 is 1.25 bits per heavy atom. The van der Waals surface area contributed by atoms with Gasteiger partial charge in [-0.25, -0.2) is 9.97 Å². The van der Waals surface area contributed by atoms with Crippen molar-refractivity contribution in [3.05, 3.63) is 47.3 Å². The SMILES string of the molecule is CCc1ccc(NC(=O)c2cnc(N3CCOCC3)nc2C)cc1. The van der Waals surface area contributed by atoms with Gasteiger partial charge in [-0.3, -0.25) is 4.79 Å². The zero-order chi connectivity index (χ0) is 16.9. The molecule has 2 aromatic rings. The van der Waals surface area contributed by atoms with Crippen LogP contribution in [0, 0.1) is 6.92 Å². The first kappa shape index (κ1) is 16.4. The summed E-state index contributed by atoms with van der Waals surface area (Å²) in [4.78, 5) is 23.4. The molecule has 1 fully saturated rings. The fraction of sp³-hybridized carbons (Fsp3) is 0.389. The minimum Gasteiger partial charge on any atom is -0.378 e. The molecule has 1 aliphatic rings. The maximum absolute atomic E-state index is 12.5. The Hall–Kier alpha value is -2.47. The minimum atomic E-state index is -0.190. The van der Waals surface area contributed by atoms with Gasteiger partial charge in [0.1, 0.15) is 0 Å². The summed E-state index contributed by atoms with van der Waals surface area (Å²) >= 11 is 0. The summed E-state index contributed by atoms with van der Waals surface area (Å²) < 4.78 is 5.33. The quantitative estimate of drug-likeness (QED) is 0.935. The third-order valence-corrected chi connectivity index (χ3v) is 4.13. The molecule has 0 saturated carbocycles. The van der Waals surface area contributed by atoms with Gasteiger partial charge in [0, 0.05) is 25.0 Å². The number of carbonyl (C=O) groups is 1. The summed E-state index contributed by atoms with van der Waals surface area (Å²) in [5.74, 6) is 0.463. The number of ether oxygens (including phenoxy) is 1. The molecule has 1 saturated heterocycles. The van der Waals surface area contributed by atoms with E-state index in [0.717, 1.165) is 25.2 Å². The van der Waals surface area contributed by atoms with Crippen molar-refractivity contribution in [3.63, 3.8) is 0 Å². The molecule has 0 spiro atoms. The summed E-state index contributed by atoms with van der Waals surface area (Å²) in [6.45, 7) is 6.84. The van der Waals surface area contributed by atoms with E-state index in [-0.39, 0.29) is 5.91 Å². The van der Waals surface area contributed by atoms with E-state index in [1.807, 2.05) is 31.2 Å². The van der Waals surface area contributed by atoms with Crippen molar-refractivity contribution in [3.8, 4) is 0 Å². The Kier molecular flexibility index (Phi) is 5.05. The third-order valence-electron chi connectivity index (χ3n) is 4.13. The number of hydrogen-bond donors (Lipinski definition) is 1. The largest absolute Gasteiger partial charge is 0.378 e. The van der Waals surface area contributed by atoms with Crippen LogP contribution in [-0.4, -0.2) is 42.2 Å². The van der Waals surface area contributed by atoms with Gasteiger partial charge < -0.3 is 15.0 Å². The predicted molar refractivity (Wildman–Crippen MR) is 93.6 cm³/mol. The van der Waals surface area contributed by atoms with Crippen molar-refractivity contribution in [2.75, 3.05) is 36.5 Å². The highest BCUT2D eigenvalue weighted by molar-refractivity contribution is 6.04. The standard InChI is InChI=1S/C18H22N4O2/c1-3-14-4-6-15(7-5-14)21-17(23)16-12-19-18(20-13(16)2)22-8-10-24-11-9-22/h4-7,12H,3,8-11H2,1-2H3,(H,21,23). The molecule has 0 bridgehead atoms. The summed E-state index contributed by atoms with van der Waals surface area (Å²) in [7, 11) is 0. The Labute approximate surface area is 141 Å². The first-order valence-electron chi connectivity index (χ1n) is 8.24. The van der Waals surface area contributed by atoms with Crippen LogP contribution in [0.3, 0.4) is 0 Å². The maximum Gasteiger partial charge on any atom is 0.259 e. The Bertz CT molecular complexity index is 709. The summed E-state index contributed by atoms with van der Waals surface area (Å²) in [6, 6.07) is 7.85. The molecule has 1 aromatic carbocycles. The van der Waals surface area contributed by atoms with Crippen molar-refractivity contribution in [2.45, 2.75) is 20.3 Å². The summed E-state index contributed by atoms with van der Waals surface area (Å²) in [5.41, 5.74) is 3.18. The van der Waals surface area contributed by atoms with Gasteiger partial charge in [-0.15, -0.1) is 0 Å². The van der Waals surface area contributed by atoms with Crippen LogP contribution in [0.15, 0.2) is 30.5 Å². The molecule has 0 radical (unpaired) electrons. The lowest BCUT2D eigenvalue weighted by molar-refractivity contribution is 0.102. The van der Waals surface area contributed by atoms with E-state index < -0.39 is 0 Å². The van der Waals surface area contributed by atoms with E-state index in [1.165, 1.54) is 5.56 Å². The molecule has 0 unspecified atom stereocenters. The molecule has 24 heavy (non-hydrogen) atoms. The number of benzene rings is 1. The molecule has 1 N–H and O–H groups in total. The van der Waals surface area contributed by atoms with Crippen LogP contribution in [0.25, 0.3) is 0 Å². The molecule has 1 aliphatic heterocycles. The first-order chi connectivity index (χ1) is 11.7. The van der Waals surface area contributed by atoms with Crippen LogP contribution in [0.4, 0.5) is 11.6 Å². The number of morpholine rings is 1. The number of carbonyl (C=O) groups excluding carboxylic acids is 1. The van der Waals surface area contributed by atoms with Crippen molar-refractivity contribution >= 4 is 17.5 Å². The smallest absolute Gasteiger partial charge is 0.259 e. The minimum absolute atomic E-state index is 0.190. The summed E-state index contributed by atoms with van der Waals surface area (Å²) in [6.07, 6.45) is 2.58. The number of aromatic nitrogens is 2. The number of nitrogens with zero attached hydrogens (tertiary/aromatic N) is 3. The highest BCUT2D eigenvalue weighted by Crippen LogP contribution is 2.15. The van der Waals surface area contributed by atoms with Gasteiger partial charge in [0.05, 0.1) is 24.5 Å². The van der Waals surface area contributed by atoms with Crippen molar-refractivity contribution in [1.82, 2.24) is 9.97 Å². The van der Waals surface area contributed by atoms with E-state index in [2.05, 4.69) is 27.1 Å². The van der Waals surface area contributed by atoms with Crippen LogP contribution in [0.1, 0.15) is 28.5 Å². The zero-order valence-electron chi connectivity index (χ0n) is 14.1. The maximum atomic E-state index is 12.5. The molecule has 6 heteroatoms. The fourth-order valence-electron chi connectivity index (χ4n) is 2.62. The molecular formula is C18H22N4O2. The number of rotatable bonds is 4. The van der Waals surface area contributed by atoms with Crippen molar-refractivity contribution in [2.24, 2.45) is 0 Å². The molecule has 0 atom stereocenters. The highest BCUT2D eigenvalue weighted by Gasteiger charge is 2.17. The average Bonchev–Trinajstić information content (AvgIpc) is 2.63. The van der Waals surface area contributed by atoms with E-state index in [1.54, 1.807) is 6.20 Å². The molecule has 126 valence electrons. The molecule has 2 heterocycles. The second-order valence-electron chi connectivity index (χ2n) is 5.77. The van der Waals surface area contributed by atoms with Gasteiger partial charge in [-0.2, -0.15) is 0 Å². The van der Waals surface area contributed by atoms with Gasteiger partial charge in [-0.1, -0.05) is 19.1 Å². The molecule has 1 amide bonds. The van der Waals surface area contributed by atoms with E-state index >= 15 is 0 Å². The second-order valence-corrected chi connectivity index (χ2v) is 5.77. The summed E-state index contributed by atoms with van der Waals surface area (Å²) in [5, 5.41) is 2.90. The second kappa shape index (κ2) is 7.40. The van der Waals surface area contributed by atoms with Crippen LogP contribution in [0.5, 0.6) is 0 Å². The molecule has 0 aliphatic carbocycles. The third kappa shape index (κ3) is 3.71. The Morgan fingerprint density at radius 3 is 2.58 bits per heavy atom. The van der Waals surface area contributed by atoms with Crippen LogP contribution < -0.4 is 10.2 Å². The normalized spacial score (nSPS) is 14.5. The lowest BCUT2D eigenvalue weighted by Crippen LogP contribution is -2.37. The van der Waals surface area contributed by atoms with Gasteiger partial charge in [0.2, 0.25) is 5.95 Å². The van der Waals surface area contributed by atoms with Crippen LogP contribution >= 0.6 is 0 Å². The van der Waals surface area contributed by atoms with Crippen molar-refractivity contribution in [1.29, 1.82) is 0 Å². The van der Waals surface area contributed by atoms with Crippen LogP contribution in [-0.2, 0) is 11.2 Å². The van der Waals surface area contributed by atoms with Gasteiger partial charge in [-0.05, 0) is 31.0 Å². The number of amides is 1. The molecule has 6 nitrogen and oxygen atoms in total. The average molecular weight is 326 g/mol. The van der Waals surface area contributed by atoms with E-state index in [0.29, 0.717) is 30.4 Å². The topological polar surface area (TPSA) is 67.4 Å². The van der Waals surface area contributed by atoms with Gasteiger partial charge in [0.15, 0.2) is 0 Å². The van der Waals surface area contributed by atoms with E-state index in [9.17, 15) is 4.79 Å². The number of aryl methyl sites for hydroxylation is 2. The Morgan fingerprint density at radius 2 is 1.96 bits per heavy atom. The zero-order valence-corrected chi connectivity index (χ0v) is 14.1. The van der Waals surface area contributed by atoms with Crippen LogP contribution in [0.2, 0.25) is 0 Å². The fourth-order valence-corrected chi connectivity index (χ4v) is 2.62. The number of hydrogen-bond acceptors (Lipinski definition) is 5. The van der Waals surface area contributed by atoms with E-state index in [4.69, 9.17) is 4.74 Å². The number of nitrogens with one attached hydrogen (secondary N) is 1. The lowest BCUT2D eigenvalue weighted by atomic mass is 10.1. The van der Waals surface area contributed by atoms with Crippen molar-refractivity contribution < 1.29 is 9.53 Å². The highest BCUT2D eigenvalue weighted by atomic mass is 16.5. The van der Waals surface area contributed by atoms with Gasteiger partial charge >= 0.3 is 0 Å². The molecule has 3 rings (SSSR count). The number of anilines is 2. The van der Waals surface area contributed by atoms with Gasteiger partial charge in [0.25, 0.3) is 5.91 Å².